The number of thioether (sulfide) groups is 1. The Bertz CT molecular complexity index is 2750. The maximum Gasteiger partial charge on any atom is 0.175 e. The number of pyridine rings is 4. The molecule has 0 fully saturated rings. The molecule has 0 amide bonds. The lowest BCUT2D eigenvalue weighted by Crippen LogP contribution is -1.96. The predicted octanol–water partition coefficient (Wildman–Crippen LogP) is 11.7. The van der Waals surface area contributed by atoms with Gasteiger partial charge in [-0.15, -0.1) is 11.8 Å². The molecular weight excluding hydrogens is 822 g/mol. The van der Waals surface area contributed by atoms with Crippen LogP contribution in [0.2, 0.25) is 20.1 Å². The van der Waals surface area contributed by atoms with Crippen LogP contribution in [0.1, 0.15) is 5.56 Å². The highest BCUT2D eigenvalue weighted by atomic mass is 35.5. The van der Waals surface area contributed by atoms with Gasteiger partial charge in [0.05, 0.1) is 47.1 Å². The quantitative estimate of drug-likeness (QED) is 0.162. The summed E-state index contributed by atoms with van der Waals surface area (Å²) in [6, 6.07) is 29.3. The van der Waals surface area contributed by atoms with Crippen molar-refractivity contribution in [1.29, 1.82) is 0 Å². The van der Waals surface area contributed by atoms with Crippen molar-refractivity contribution >= 4 is 122 Å². The van der Waals surface area contributed by atoms with E-state index in [2.05, 4.69) is 32.1 Å². The Morgan fingerprint density at radius 3 is 1.43 bits per heavy atom. The maximum absolute atomic E-state index is 11.3. The Labute approximate surface area is 340 Å². The van der Waals surface area contributed by atoms with Gasteiger partial charge in [0, 0.05) is 79.4 Å². The van der Waals surface area contributed by atoms with E-state index in [0.717, 1.165) is 47.6 Å². The van der Waals surface area contributed by atoms with Crippen molar-refractivity contribution in [3.63, 3.8) is 0 Å². The fraction of sp³-hybridized carbons (Fsp3) is 0.100. The summed E-state index contributed by atoms with van der Waals surface area (Å²) in [4.78, 5) is 18.9. The summed E-state index contributed by atoms with van der Waals surface area (Å²) in [6.07, 6.45) is 11.6. The minimum atomic E-state index is -3.20. The van der Waals surface area contributed by atoms with Crippen LogP contribution in [-0.2, 0) is 20.6 Å². The molecule has 0 radical (unpaired) electrons. The molecule has 0 N–H and O–H groups in total. The summed E-state index contributed by atoms with van der Waals surface area (Å²) in [7, 11) is -4.18. The van der Waals surface area contributed by atoms with E-state index in [1.165, 1.54) is 22.8 Å². The minimum Gasteiger partial charge on any atom is -0.256 e. The van der Waals surface area contributed by atoms with Crippen molar-refractivity contribution in [3.05, 3.63) is 148 Å². The monoisotopic (exact) mass is 852 g/mol. The second-order valence-corrected chi connectivity index (χ2v) is 17.6. The van der Waals surface area contributed by atoms with E-state index in [9.17, 15) is 12.6 Å². The maximum atomic E-state index is 11.3. The molecule has 0 aliphatic heterocycles. The number of benzene rings is 4. The van der Waals surface area contributed by atoms with Crippen LogP contribution < -0.4 is 0 Å². The van der Waals surface area contributed by atoms with Crippen molar-refractivity contribution in [1.82, 2.24) is 19.9 Å². The molecule has 8 aromatic rings. The average Bonchev–Trinajstić information content (AvgIpc) is 3.16. The normalized spacial score (nSPS) is 11.6. The van der Waals surface area contributed by atoms with Crippen LogP contribution in [0.5, 0.6) is 0 Å². The first-order chi connectivity index (χ1) is 25.7. The van der Waals surface area contributed by atoms with E-state index in [-0.39, 0.29) is 4.90 Å². The number of hydrogen-bond acceptors (Lipinski definition) is 8. The number of aromatic nitrogens is 4. The van der Waals surface area contributed by atoms with E-state index >= 15 is 0 Å². The molecule has 7 nitrogen and oxygen atoms in total. The molecule has 0 saturated heterocycles. The highest BCUT2D eigenvalue weighted by Gasteiger charge is 2.09. The third kappa shape index (κ3) is 10.7. The molecule has 4 aromatic heterocycles. The van der Waals surface area contributed by atoms with Gasteiger partial charge in [0.25, 0.3) is 0 Å². The topological polar surface area (TPSA) is 103 Å². The highest BCUT2D eigenvalue weighted by molar-refractivity contribution is 7.98. The van der Waals surface area contributed by atoms with Gasteiger partial charge in [-0.1, -0.05) is 58.0 Å². The number of fused-ring (bicyclic) bond motifs is 4. The minimum absolute atomic E-state index is 0.255. The number of sulfone groups is 1. The molecule has 1 unspecified atom stereocenters. The van der Waals surface area contributed by atoms with Crippen molar-refractivity contribution < 1.29 is 12.6 Å². The van der Waals surface area contributed by atoms with Crippen LogP contribution in [0.4, 0.5) is 0 Å². The summed E-state index contributed by atoms with van der Waals surface area (Å²) < 4.78 is 33.9. The molecule has 0 spiro atoms. The number of rotatable bonds is 3. The Morgan fingerprint density at radius 1 is 0.556 bits per heavy atom. The Morgan fingerprint density at radius 2 is 0.963 bits per heavy atom. The van der Waals surface area contributed by atoms with E-state index in [1.54, 1.807) is 67.1 Å². The SMILES string of the molecule is CS(=O)(=O)c1ccc2nccc(Cl)c2c1.CS(=O)c1ccc2nccc(Cl)c2c1.CSc1ccc2nccc(Cl)c2c1.Cc1ccc2nccc(Cl)c2c1. The van der Waals surface area contributed by atoms with Crippen LogP contribution in [0.3, 0.4) is 0 Å². The second kappa shape index (κ2) is 18.6. The van der Waals surface area contributed by atoms with Gasteiger partial charge in [-0.2, -0.15) is 0 Å². The molecule has 1 atom stereocenters. The molecule has 0 aliphatic carbocycles. The summed E-state index contributed by atoms with van der Waals surface area (Å²) in [5.41, 5.74) is 4.62. The van der Waals surface area contributed by atoms with Crippen molar-refractivity contribution in [2.75, 3.05) is 18.8 Å². The lowest BCUT2D eigenvalue weighted by Gasteiger charge is -2.02. The third-order valence-corrected chi connectivity index (χ3v) is 11.9. The largest absolute Gasteiger partial charge is 0.256 e. The first-order valence-electron chi connectivity index (χ1n) is 16.0. The Balaban J connectivity index is 0.000000139. The summed E-state index contributed by atoms with van der Waals surface area (Å²) in [5.74, 6) is 0. The molecule has 4 heterocycles. The fourth-order valence-corrected chi connectivity index (χ4v) is 7.50. The summed E-state index contributed by atoms with van der Waals surface area (Å²) in [5, 5.41) is 6.23. The number of hydrogen-bond donors (Lipinski definition) is 0. The van der Waals surface area contributed by atoms with Crippen molar-refractivity contribution in [2.24, 2.45) is 0 Å². The van der Waals surface area contributed by atoms with Gasteiger partial charge in [0.15, 0.2) is 9.84 Å². The number of halogens is 4. The van der Waals surface area contributed by atoms with Crippen LogP contribution in [-0.4, -0.2) is 51.3 Å². The third-order valence-electron chi connectivity index (χ3n) is 7.82. The second-order valence-electron chi connectivity index (χ2n) is 11.7. The molecule has 8 rings (SSSR count). The standard InChI is InChI=1S/C10H8ClNO2S.C10H8ClNOS.C10H8ClNS.C10H8ClN/c1-15(13,14)7-2-3-10-8(6-7)9(11)4-5-12-10;1-14(13)7-2-3-10-8(6-7)9(11)4-5-12-10;1-13-7-2-3-10-8(6-7)9(11)4-5-12-10;1-7-2-3-10-8(6-7)9(11)4-5-12-10/h2-6H,1H3;2-6H,1H3;2-6H,1H3;2-6H,1H3. The number of nitrogens with zero attached hydrogens (tertiary/aromatic N) is 4. The van der Waals surface area contributed by atoms with Gasteiger partial charge < -0.3 is 0 Å². The highest BCUT2D eigenvalue weighted by Crippen LogP contribution is 2.27. The van der Waals surface area contributed by atoms with Crippen molar-refractivity contribution in [3.8, 4) is 0 Å². The Hall–Kier alpha value is -3.87. The van der Waals surface area contributed by atoms with Crippen molar-refractivity contribution in [2.45, 2.75) is 21.6 Å². The predicted molar refractivity (Wildman–Crippen MR) is 229 cm³/mol. The van der Waals surface area contributed by atoms with Crippen LogP contribution >= 0.6 is 58.2 Å². The first-order valence-corrected chi connectivity index (χ1v) is 22.1. The fourth-order valence-electron chi connectivity index (χ4n) is 5.04. The average molecular weight is 855 g/mol. The van der Waals surface area contributed by atoms with E-state index in [0.29, 0.717) is 20.9 Å². The van der Waals surface area contributed by atoms with Crippen LogP contribution in [0, 0.1) is 6.92 Å². The lowest BCUT2D eigenvalue weighted by atomic mass is 10.1. The van der Waals surface area contributed by atoms with Gasteiger partial charge >= 0.3 is 0 Å². The molecule has 14 heteroatoms. The summed E-state index contributed by atoms with van der Waals surface area (Å²) in [6.45, 7) is 2.04. The zero-order chi connectivity index (χ0) is 39.0. The summed E-state index contributed by atoms with van der Waals surface area (Å²) >= 11 is 25.7. The molecule has 276 valence electrons. The molecular formula is C40H32Cl4N4O3S3. The molecule has 4 aromatic carbocycles. The van der Waals surface area contributed by atoms with Crippen LogP contribution in [0.15, 0.2) is 137 Å². The van der Waals surface area contributed by atoms with Crippen LogP contribution in [0.25, 0.3) is 43.6 Å². The molecule has 54 heavy (non-hydrogen) atoms. The zero-order valence-corrected chi connectivity index (χ0v) is 34.8. The molecule has 0 saturated carbocycles. The van der Waals surface area contributed by atoms with Gasteiger partial charge in [-0.25, -0.2) is 8.42 Å². The van der Waals surface area contributed by atoms with Gasteiger partial charge in [0.1, 0.15) is 0 Å². The molecule has 0 bridgehead atoms. The van der Waals surface area contributed by atoms with E-state index < -0.39 is 20.6 Å². The molecule has 0 aliphatic rings. The zero-order valence-electron chi connectivity index (χ0n) is 29.3. The number of aryl methyl sites for hydroxylation is 1. The van der Waals surface area contributed by atoms with E-state index in [4.69, 9.17) is 46.4 Å². The first kappa shape index (κ1) is 41.3. The smallest absolute Gasteiger partial charge is 0.175 e. The Kier molecular flexibility index (Phi) is 14.3. The van der Waals surface area contributed by atoms with Gasteiger partial charge in [0.2, 0.25) is 0 Å². The van der Waals surface area contributed by atoms with E-state index in [1.807, 2.05) is 67.8 Å². The van der Waals surface area contributed by atoms with Gasteiger partial charge in [-0.05, 0) is 104 Å². The van der Waals surface area contributed by atoms with Gasteiger partial charge in [-0.3, -0.25) is 24.1 Å². The lowest BCUT2D eigenvalue weighted by molar-refractivity contribution is 0.602.